The lowest BCUT2D eigenvalue weighted by Crippen LogP contribution is -2.31. The summed E-state index contributed by atoms with van der Waals surface area (Å²) in [7, 11) is 0. The summed E-state index contributed by atoms with van der Waals surface area (Å²) < 4.78 is 0. The minimum absolute atomic E-state index is 0.100. The molecule has 1 atom stereocenters. The van der Waals surface area contributed by atoms with E-state index in [1.54, 1.807) is 0 Å². The van der Waals surface area contributed by atoms with Crippen LogP contribution in [-0.2, 0) is 9.59 Å². The fourth-order valence-electron chi connectivity index (χ4n) is 3.66. The van der Waals surface area contributed by atoms with Gasteiger partial charge in [-0.1, -0.05) is 23.5 Å². The van der Waals surface area contributed by atoms with E-state index in [1.807, 2.05) is 24.3 Å². The lowest BCUT2D eigenvalue weighted by Gasteiger charge is -2.25. The van der Waals surface area contributed by atoms with Crippen molar-refractivity contribution >= 4 is 33.8 Å². The number of carbonyl (C=O) groups excluding carboxylic acids is 2. The van der Waals surface area contributed by atoms with Gasteiger partial charge in [-0.2, -0.15) is 0 Å². The Labute approximate surface area is 167 Å². The molecule has 2 aromatic rings. The van der Waals surface area contributed by atoms with Gasteiger partial charge in [-0.25, -0.2) is 0 Å². The Morgan fingerprint density at radius 2 is 1.93 bits per heavy atom. The summed E-state index contributed by atoms with van der Waals surface area (Å²) in [5.74, 6) is -1.31. The molecule has 1 unspecified atom stereocenters. The highest BCUT2D eigenvalue weighted by molar-refractivity contribution is 7.13. The lowest BCUT2D eigenvalue weighted by molar-refractivity contribution is -0.118. The molecular weight excluding hydrogens is 376 g/mol. The van der Waals surface area contributed by atoms with Gasteiger partial charge in [0, 0.05) is 24.7 Å². The molecule has 0 radical (unpaired) electrons. The Hall–Kier alpha value is -2.74. The first-order chi connectivity index (χ1) is 13.6. The van der Waals surface area contributed by atoms with Crippen LogP contribution in [-0.4, -0.2) is 40.1 Å². The van der Waals surface area contributed by atoms with Crippen molar-refractivity contribution < 1.29 is 14.7 Å². The van der Waals surface area contributed by atoms with Gasteiger partial charge in [-0.3, -0.25) is 14.5 Å². The third kappa shape index (κ3) is 3.07. The highest BCUT2D eigenvalue weighted by Crippen LogP contribution is 2.45. The molecule has 1 aromatic heterocycles. The van der Waals surface area contributed by atoms with E-state index in [4.69, 9.17) is 0 Å². The van der Waals surface area contributed by atoms with E-state index in [0.29, 0.717) is 5.13 Å². The Kier molecular flexibility index (Phi) is 4.89. The highest BCUT2D eigenvalue weighted by Gasteiger charge is 2.48. The molecule has 1 aromatic carbocycles. The molecule has 1 aliphatic carbocycles. The van der Waals surface area contributed by atoms with E-state index < -0.39 is 17.7 Å². The molecule has 28 heavy (non-hydrogen) atoms. The zero-order chi connectivity index (χ0) is 19.8. The largest absolute Gasteiger partial charge is 0.503 e. The van der Waals surface area contributed by atoms with Crippen molar-refractivity contribution in [3.8, 4) is 0 Å². The van der Waals surface area contributed by atoms with E-state index in [1.165, 1.54) is 21.7 Å². The summed E-state index contributed by atoms with van der Waals surface area (Å²) in [5, 5.41) is 18.7. The van der Waals surface area contributed by atoms with E-state index in [-0.39, 0.29) is 17.3 Å². The van der Waals surface area contributed by atoms with Crippen LogP contribution in [0.1, 0.15) is 38.3 Å². The quantitative estimate of drug-likeness (QED) is 0.770. The second kappa shape index (κ2) is 7.35. The van der Waals surface area contributed by atoms with Gasteiger partial charge in [0.1, 0.15) is 5.51 Å². The van der Waals surface area contributed by atoms with Crippen molar-refractivity contribution in [2.24, 2.45) is 5.92 Å². The first-order valence-electron chi connectivity index (χ1n) is 9.48. The number of amides is 1. The third-order valence-corrected chi connectivity index (χ3v) is 6.00. The molecule has 7 nitrogen and oxygen atoms in total. The van der Waals surface area contributed by atoms with Crippen molar-refractivity contribution in [1.82, 2.24) is 10.2 Å². The molecule has 146 valence electrons. The van der Waals surface area contributed by atoms with Crippen molar-refractivity contribution in [3.05, 3.63) is 46.7 Å². The van der Waals surface area contributed by atoms with E-state index >= 15 is 0 Å². The van der Waals surface area contributed by atoms with Crippen LogP contribution >= 0.6 is 11.3 Å². The predicted molar refractivity (Wildman–Crippen MR) is 108 cm³/mol. The number of aromatic nitrogens is 2. The molecule has 2 heterocycles. The number of nitrogens with zero attached hydrogens (tertiary/aromatic N) is 4. The molecule has 0 bridgehead atoms. The zero-order valence-corrected chi connectivity index (χ0v) is 16.6. The van der Waals surface area contributed by atoms with Gasteiger partial charge in [-0.15, -0.1) is 10.2 Å². The van der Waals surface area contributed by atoms with Crippen molar-refractivity contribution in [2.45, 2.75) is 32.7 Å². The number of Topliss-reactive ketones (excluding diaryl/α,β-unsaturated/α-hetero) is 1. The maximum atomic E-state index is 12.9. The number of hydrogen-bond donors (Lipinski definition) is 1. The minimum atomic E-state index is -0.681. The molecule has 1 N–H and O–H groups in total. The third-order valence-electron chi connectivity index (χ3n) is 5.31. The number of rotatable bonds is 7. The van der Waals surface area contributed by atoms with Gasteiger partial charge in [0.2, 0.25) is 5.13 Å². The molecule has 2 aliphatic rings. The Bertz CT molecular complexity index is 915. The molecule has 4 rings (SSSR count). The van der Waals surface area contributed by atoms with Gasteiger partial charge >= 0.3 is 0 Å². The van der Waals surface area contributed by atoms with E-state index in [0.717, 1.165) is 37.2 Å². The topological polar surface area (TPSA) is 86.6 Å². The summed E-state index contributed by atoms with van der Waals surface area (Å²) >= 11 is 1.20. The van der Waals surface area contributed by atoms with Crippen LogP contribution in [0.3, 0.4) is 0 Å². The molecule has 8 heteroatoms. The summed E-state index contributed by atoms with van der Waals surface area (Å²) in [5.41, 5.74) is 3.55. The van der Waals surface area contributed by atoms with Crippen molar-refractivity contribution in [2.75, 3.05) is 22.9 Å². The van der Waals surface area contributed by atoms with Crippen LogP contribution in [0.15, 0.2) is 41.1 Å². The molecule has 1 amide bonds. The lowest BCUT2D eigenvalue weighted by atomic mass is 9.94. The fraction of sp³-hybridized carbons (Fsp3) is 0.400. The summed E-state index contributed by atoms with van der Waals surface area (Å²) in [6.07, 6.45) is 1.60. The molecular formula is C20H22N4O3S. The molecule has 1 saturated carbocycles. The average Bonchev–Trinajstić information content (AvgIpc) is 3.37. The van der Waals surface area contributed by atoms with Crippen molar-refractivity contribution in [3.63, 3.8) is 0 Å². The average molecular weight is 398 g/mol. The van der Waals surface area contributed by atoms with Gasteiger partial charge in [0.15, 0.2) is 11.5 Å². The maximum Gasteiger partial charge on any atom is 0.296 e. The summed E-state index contributed by atoms with van der Waals surface area (Å²) in [6, 6.07) is 7.12. The molecule has 1 fully saturated rings. The Balaban J connectivity index is 1.77. The molecule has 1 aliphatic heterocycles. The maximum absolute atomic E-state index is 12.9. The Morgan fingerprint density at radius 3 is 2.46 bits per heavy atom. The second-order valence-electron chi connectivity index (χ2n) is 6.96. The Morgan fingerprint density at radius 1 is 1.25 bits per heavy atom. The van der Waals surface area contributed by atoms with Crippen LogP contribution in [0.5, 0.6) is 0 Å². The fourth-order valence-corrected chi connectivity index (χ4v) is 4.25. The zero-order valence-electron chi connectivity index (χ0n) is 15.8. The van der Waals surface area contributed by atoms with E-state index in [9.17, 15) is 14.7 Å². The number of hydrogen-bond acceptors (Lipinski definition) is 7. The smallest absolute Gasteiger partial charge is 0.296 e. The van der Waals surface area contributed by atoms with Crippen LogP contribution in [0.4, 0.5) is 10.8 Å². The van der Waals surface area contributed by atoms with Crippen molar-refractivity contribution in [1.29, 1.82) is 0 Å². The number of carbonyl (C=O) groups is 2. The predicted octanol–water partition coefficient (Wildman–Crippen LogP) is 3.26. The van der Waals surface area contributed by atoms with E-state index in [2.05, 4.69) is 28.9 Å². The number of benzene rings is 1. The van der Waals surface area contributed by atoms with Gasteiger partial charge in [0.25, 0.3) is 5.91 Å². The first-order valence-corrected chi connectivity index (χ1v) is 10.4. The van der Waals surface area contributed by atoms with Gasteiger partial charge in [0.05, 0.1) is 11.6 Å². The second-order valence-corrected chi connectivity index (χ2v) is 7.78. The number of aliphatic hydroxyl groups is 1. The minimum Gasteiger partial charge on any atom is -0.503 e. The summed E-state index contributed by atoms with van der Waals surface area (Å²) in [4.78, 5) is 29.3. The number of anilines is 2. The monoisotopic (exact) mass is 398 g/mol. The highest BCUT2D eigenvalue weighted by atomic mass is 32.1. The van der Waals surface area contributed by atoms with Crippen LogP contribution < -0.4 is 9.80 Å². The summed E-state index contributed by atoms with van der Waals surface area (Å²) in [6.45, 7) is 5.97. The van der Waals surface area contributed by atoms with Gasteiger partial charge < -0.3 is 10.0 Å². The van der Waals surface area contributed by atoms with Crippen LogP contribution in [0, 0.1) is 5.92 Å². The van der Waals surface area contributed by atoms with Crippen LogP contribution in [0.2, 0.25) is 0 Å². The number of ketones is 1. The molecule has 0 saturated heterocycles. The molecule has 0 spiro atoms. The SMILES string of the molecule is CCN(CC)c1ccc(C2C(C(=O)C3CC3)=C(O)C(=O)N2c2nncs2)cc1. The first kappa shape index (κ1) is 18.6. The standard InChI is InChI=1S/C20H22N4O3S/c1-3-23(4-2)14-9-7-12(8-10-14)16-15(17(25)13-5-6-13)18(26)19(27)24(16)20-22-21-11-28-20/h7-11,13,16,26H,3-6H2,1-2H3. The van der Waals surface area contributed by atoms with Crippen LogP contribution in [0.25, 0.3) is 0 Å². The number of aliphatic hydroxyl groups excluding tert-OH is 1. The normalized spacial score (nSPS) is 19.4. The van der Waals surface area contributed by atoms with Gasteiger partial charge in [-0.05, 0) is 44.4 Å².